The van der Waals surface area contributed by atoms with Gasteiger partial charge in [-0.3, -0.25) is 4.99 Å². The van der Waals surface area contributed by atoms with Gasteiger partial charge in [-0.2, -0.15) is 0 Å². The second-order valence-corrected chi connectivity index (χ2v) is 4.31. The molecule has 0 aromatic heterocycles. The van der Waals surface area contributed by atoms with Crippen LogP contribution in [0.3, 0.4) is 0 Å². The van der Waals surface area contributed by atoms with E-state index in [4.69, 9.17) is 15.9 Å². The second-order valence-electron chi connectivity index (χ2n) is 4.31. The van der Waals surface area contributed by atoms with Crippen molar-refractivity contribution in [3.8, 4) is 0 Å². The highest BCUT2D eigenvalue weighted by molar-refractivity contribution is 5.79. The summed E-state index contributed by atoms with van der Waals surface area (Å²) in [5.41, 5.74) is 7.10. The average molecular weight is 282 g/mol. The van der Waals surface area contributed by atoms with Crippen molar-refractivity contribution < 1.29 is 10.2 Å². The second kappa shape index (κ2) is 11.6. The lowest BCUT2D eigenvalue weighted by molar-refractivity contribution is 0.115. The van der Waals surface area contributed by atoms with E-state index >= 15 is 0 Å². The monoisotopic (exact) mass is 282 g/mol. The molecule has 4 N–H and O–H groups in total. The molecule has 116 valence electrons. The van der Waals surface area contributed by atoms with Gasteiger partial charge in [-0.1, -0.05) is 45.5 Å². The molecule has 20 heavy (non-hydrogen) atoms. The van der Waals surface area contributed by atoms with Gasteiger partial charge in [0, 0.05) is 13.3 Å². The van der Waals surface area contributed by atoms with Crippen LogP contribution in [0.1, 0.15) is 38.8 Å². The van der Waals surface area contributed by atoms with Gasteiger partial charge >= 0.3 is 0 Å². The van der Waals surface area contributed by atoms with Crippen molar-refractivity contribution in [3.05, 3.63) is 35.4 Å². The molecule has 4 nitrogen and oxygen atoms in total. The van der Waals surface area contributed by atoms with Gasteiger partial charge in [0.05, 0.1) is 18.8 Å². The molecule has 0 aliphatic rings. The number of benzene rings is 1. The highest BCUT2D eigenvalue weighted by Crippen LogP contribution is 2.12. The maximum absolute atomic E-state index is 9.07. The van der Waals surface area contributed by atoms with Crippen LogP contribution >= 0.6 is 0 Å². The third kappa shape index (κ3) is 7.38. The van der Waals surface area contributed by atoms with E-state index in [0.717, 1.165) is 17.5 Å². The lowest BCUT2D eigenvalue weighted by Gasteiger charge is -2.24. The fourth-order valence-corrected chi connectivity index (χ4v) is 1.52. The molecule has 0 aliphatic heterocycles. The molecule has 4 heteroatoms. The van der Waals surface area contributed by atoms with Crippen LogP contribution in [0.25, 0.3) is 0 Å². The maximum atomic E-state index is 9.07. The number of aliphatic imine (C=N–C) groups is 1. The summed E-state index contributed by atoms with van der Waals surface area (Å²) in [5, 5.41) is 18.1. The van der Waals surface area contributed by atoms with Gasteiger partial charge < -0.3 is 15.9 Å². The number of rotatable bonds is 6. The Balaban J connectivity index is 0. The normalized spacial score (nSPS) is 10.7. The van der Waals surface area contributed by atoms with Crippen LogP contribution in [-0.2, 0) is 6.42 Å². The van der Waals surface area contributed by atoms with Gasteiger partial charge in [0.15, 0.2) is 0 Å². The highest BCUT2D eigenvalue weighted by Gasteiger charge is 2.22. The number of aliphatic hydroxyl groups excluding tert-OH is 2. The molecule has 0 atom stereocenters. The van der Waals surface area contributed by atoms with E-state index in [9.17, 15) is 0 Å². The number of hydrogen-bond donors (Lipinski definition) is 3. The number of aliphatic hydroxyl groups is 2. The lowest BCUT2D eigenvalue weighted by Crippen LogP contribution is -2.47. The zero-order chi connectivity index (χ0) is 14.7. The predicted molar refractivity (Wildman–Crippen MR) is 87.5 cm³/mol. The summed E-state index contributed by atoms with van der Waals surface area (Å²) in [6.07, 6.45) is 3.08. The molecule has 0 spiro atoms. The topological polar surface area (TPSA) is 78.8 Å². The van der Waals surface area contributed by atoms with Gasteiger partial charge in [0.2, 0.25) is 0 Å². The van der Waals surface area contributed by atoms with Crippen molar-refractivity contribution in [1.82, 2.24) is 0 Å². The van der Waals surface area contributed by atoms with Crippen LogP contribution in [0.4, 0.5) is 0 Å². The minimum atomic E-state index is -0.885. The molecule has 0 aliphatic carbocycles. The van der Waals surface area contributed by atoms with E-state index in [-0.39, 0.29) is 20.6 Å². The number of nitrogens with two attached hydrogens (primary N) is 1. The summed E-state index contributed by atoms with van der Waals surface area (Å²) in [6, 6.07) is 7.98. The van der Waals surface area contributed by atoms with E-state index in [2.05, 4.69) is 4.99 Å². The van der Waals surface area contributed by atoms with Crippen LogP contribution in [-0.4, -0.2) is 42.2 Å². The van der Waals surface area contributed by atoms with E-state index in [0.29, 0.717) is 6.42 Å². The quantitative estimate of drug-likeness (QED) is 0.698. The molecule has 1 aromatic carbocycles. The average Bonchev–Trinajstić information content (AvgIpc) is 2.48. The molecule has 0 heterocycles. The number of nitrogens with zero attached hydrogens (tertiary/aromatic N) is 1. The van der Waals surface area contributed by atoms with E-state index in [1.807, 2.05) is 38.1 Å². The van der Waals surface area contributed by atoms with E-state index in [1.54, 1.807) is 13.3 Å². The zero-order valence-electron chi connectivity index (χ0n) is 12.1. The third-order valence-electron chi connectivity index (χ3n) is 2.80. The SMILES string of the molecule is C.CC.CN=Cc1ccc(CCC(N)(CO)CO)cc1. The molecular formula is C16H30N2O2. The molecule has 0 radical (unpaired) electrons. The zero-order valence-corrected chi connectivity index (χ0v) is 12.1. The first kappa shape index (κ1) is 21.1. The molecular weight excluding hydrogens is 252 g/mol. The minimum absolute atomic E-state index is 0. The van der Waals surface area contributed by atoms with Crippen LogP contribution in [0.2, 0.25) is 0 Å². The summed E-state index contributed by atoms with van der Waals surface area (Å²) in [4.78, 5) is 3.94. The number of aryl methyl sites for hydroxylation is 1. The summed E-state index contributed by atoms with van der Waals surface area (Å²) in [5.74, 6) is 0. The summed E-state index contributed by atoms with van der Waals surface area (Å²) in [6.45, 7) is 3.59. The van der Waals surface area contributed by atoms with Crippen LogP contribution < -0.4 is 5.73 Å². The predicted octanol–water partition coefficient (Wildman–Crippen LogP) is 2.01. The van der Waals surface area contributed by atoms with Crippen molar-refractivity contribution in [2.45, 2.75) is 39.7 Å². The summed E-state index contributed by atoms with van der Waals surface area (Å²) in [7, 11) is 1.74. The van der Waals surface area contributed by atoms with Crippen molar-refractivity contribution in [1.29, 1.82) is 0 Å². The molecule has 0 unspecified atom stereocenters. The fourth-order valence-electron chi connectivity index (χ4n) is 1.52. The molecule has 1 aromatic rings. The smallest absolute Gasteiger partial charge is 0.0633 e. The molecule has 0 fully saturated rings. The number of hydrogen-bond acceptors (Lipinski definition) is 4. The van der Waals surface area contributed by atoms with Crippen LogP contribution in [0.15, 0.2) is 29.3 Å². The van der Waals surface area contributed by atoms with Crippen molar-refractivity contribution >= 4 is 6.21 Å². The van der Waals surface area contributed by atoms with Crippen molar-refractivity contribution in [3.63, 3.8) is 0 Å². The molecule has 0 bridgehead atoms. The first-order chi connectivity index (χ1) is 9.13. The largest absolute Gasteiger partial charge is 0.394 e. The van der Waals surface area contributed by atoms with E-state index < -0.39 is 5.54 Å². The minimum Gasteiger partial charge on any atom is -0.394 e. The summed E-state index contributed by atoms with van der Waals surface area (Å²) >= 11 is 0. The van der Waals surface area contributed by atoms with Gasteiger partial charge in [0.1, 0.15) is 0 Å². The van der Waals surface area contributed by atoms with Gasteiger partial charge in [-0.05, 0) is 24.0 Å². The Kier molecular flexibility index (Phi) is 12.2. The highest BCUT2D eigenvalue weighted by atomic mass is 16.3. The Hall–Kier alpha value is -1.23. The Labute approximate surface area is 123 Å². The van der Waals surface area contributed by atoms with Crippen LogP contribution in [0.5, 0.6) is 0 Å². The first-order valence-electron chi connectivity index (χ1n) is 6.65. The molecule has 0 saturated carbocycles. The Morgan fingerprint density at radius 2 is 1.65 bits per heavy atom. The van der Waals surface area contributed by atoms with E-state index in [1.165, 1.54) is 0 Å². The Morgan fingerprint density at radius 3 is 2.05 bits per heavy atom. The third-order valence-corrected chi connectivity index (χ3v) is 2.80. The van der Waals surface area contributed by atoms with Crippen LogP contribution in [0, 0.1) is 0 Å². The van der Waals surface area contributed by atoms with Gasteiger partial charge in [0.25, 0.3) is 0 Å². The van der Waals surface area contributed by atoms with Gasteiger partial charge in [-0.25, -0.2) is 0 Å². The van der Waals surface area contributed by atoms with Crippen molar-refractivity contribution in [2.24, 2.45) is 10.7 Å². The molecule has 1 rings (SSSR count). The summed E-state index contributed by atoms with van der Waals surface area (Å²) < 4.78 is 0. The fraction of sp³-hybridized carbons (Fsp3) is 0.562. The lowest BCUT2D eigenvalue weighted by atomic mass is 9.94. The molecule has 0 amide bonds. The maximum Gasteiger partial charge on any atom is 0.0633 e. The standard InChI is InChI=1S/C13H20N2O2.C2H6.CH4/c1-15-8-12-4-2-11(3-5-12)6-7-13(14,9-16)10-17;1-2;/h2-5,8,16-17H,6-7,9-10,14H2,1H3;1-2H3;1H4. The van der Waals surface area contributed by atoms with Crippen molar-refractivity contribution in [2.75, 3.05) is 20.3 Å². The molecule has 0 saturated heterocycles. The van der Waals surface area contributed by atoms with Gasteiger partial charge in [-0.15, -0.1) is 0 Å². The Bertz CT molecular complexity index is 357. The Morgan fingerprint density at radius 1 is 1.15 bits per heavy atom. The first-order valence-corrected chi connectivity index (χ1v) is 6.65.